The number of nitrogens with zero attached hydrogens (tertiary/aromatic N) is 1. The highest BCUT2D eigenvalue weighted by molar-refractivity contribution is 7.90. The highest BCUT2D eigenvalue weighted by Gasteiger charge is 2.45. The molecule has 3 unspecified atom stereocenters. The van der Waals surface area contributed by atoms with Crippen LogP contribution in [0.5, 0.6) is 0 Å². The van der Waals surface area contributed by atoms with Gasteiger partial charge in [0.25, 0.3) is 0 Å². The van der Waals surface area contributed by atoms with E-state index in [1.54, 1.807) is 0 Å². The van der Waals surface area contributed by atoms with E-state index >= 15 is 0 Å². The summed E-state index contributed by atoms with van der Waals surface area (Å²) in [6.07, 6.45) is 1.07. The van der Waals surface area contributed by atoms with Crippen molar-refractivity contribution in [1.29, 1.82) is 0 Å². The summed E-state index contributed by atoms with van der Waals surface area (Å²) in [7, 11) is 0. The monoisotopic (exact) mass is 428 g/mol. The summed E-state index contributed by atoms with van der Waals surface area (Å²) in [6.45, 7) is 8.74. The smallest absolute Gasteiger partial charge is 0.410 e. The molecule has 0 spiro atoms. The number of hydrogen-bond donors (Lipinski definition) is 1. The quantitative estimate of drug-likeness (QED) is 0.698. The van der Waals surface area contributed by atoms with E-state index in [1.165, 1.54) is 0 Å². The lowest BCUT2D eigenvalue weighted by Crippen LogP contribution is -2.58. The summed E-state index contributed by atoms with van der Waals surface area (Å²) in [5.41, 5.74) is 1.46. The zero-order valence-corrected chi connectivity index (χ0v) is 19.1. The second kappa shape index (κ2) is 9.41. The molecule has 0 bridgehead atoms. The summed E-state index contributed by atoms with van der Waals surface area (Å²) in [4.78, 5) is 14.9. The molecule has 3 atom stereocenters. The summed E-state index contributed by atoms with van der Waals surface area (Å²) in [5, 5.41) is 0. The van der Waals surface area contributed by atoms with Crippen molar-refractivity contribution in [3.63, 3.8) is 0 Å². The lowest BCUT2D eigenvalue weighted by molar-refractivity contribution is 0.0229. The second-order valence-electron chi connectivity index (χ2n) is 9.02. The standard InChI is InChI=1S/C24H32N2O3S/c1-23(2,3)30(28)25-21-15-16-26(22(27)29-18-19-11-7-5-8-12-19)24(4,17-21)20-13-9-6-10-14-20/h5-14,21,25H,15-18H2,1-4H3. The van der Waals surface area contributed by atoms with Crippen LogP contribution in [0, 0.1) is 0 Å². The van der Waals surface area contributed by atoms with Gasteiger partial charge in [-0.15, -0.1) is 4.72 Å². The first-order chi connectivity index (χ1) is 14.2. The Morgan fingerprint density at radius 1 is 1.17 bits per heavy atom. The van der Waals surface area contributed by atoms with Crippen molar-refractivity contribution < 1.29 is 14.1 Å². The number of carbonyl (C=O) groups excluding carboxylic acids is 1. The van der Waals surface area contributed by atoms with Gasteiger partial charge in [-0.1, -0.05) is 60.7 Å². The minimum atomic E-state index is -1.16. The maximum Gasteiger partial charge on any atom is 0.410 e. The Bertz CT molecular complexity index is 825. The van der Waals surface area contributed by atoms with Crippen molar-refractivity contribution >= 4 is 17.5 Å². The Hall–Kier alpha value is -2.02. The molecule has 3 rings (SSSR count). The average molecular weight is 429 g/mol. The number of ether oxygens (including phenoxy) is 1. The molecule has 1 N–H and O–H groups in total. The zero-order valence-electron chi connectivity index (χ0n) is 18.3. The molecule has 0 saturated carbocycles. The summed E-state index contributed by atoms with van der Waals surface area (Å²) < 4.78 is 21.3. The van der Waals surface area contributed by atoms with Crippen LogP contribution in [0.3, 0.4) is 0 Å². The number of benzene rings is 2. The molecular formula is C24H32N2O3S. The molecule has 1 saturated heterocycles. The van der Waals surface area contributed by atoms with Gasteiger partial charge in [-0.05, 0) is 51.7 Å². The first kappa shape index (κ1) is 22.7. The van der Waals surface area contributed by atoms with Crippen LogP contribution in [0.2, 0.25) is 0 Å². The third-order valence-corrected chi connectivity index (χ3v) is 7.25. The number of carbonyl (C=O) groups is 1. The van der Waals surface area contributed by atoms with Gasteiger partial charge in [0.15, 0.2) is 0 Å². The second-order valence-corrected chi connectivity index (χ2v) is 11.0. The number of rotatable bonds is 5. The Morgan fingerprint density at radius 2 is 1.77 bits per heavy atom. The minimum Gasteiger partial charge on any atom is -0.598 e. The lowest BCUT2D eigenvalue weighted by atomic mass is 9.80. The molecule has 2 aromatic carbocycles. The van der Waals surface area contributed by atoms with Crippen LogP contribution in [0.1, 0.15) is 51.7 Å². The van der Waals surface area contributed by atoms with Crippen LogP contribution >= 0.6 is 0 Å². The van der Waals surface area contributed by atoms with Gasteiger partial charge in [-0.2, -0.15) is 0 Å². The molecule has 1 aliphatic rings. The average Bonchev–Trinajstić information content (AvgIpc) is 2.73. The first-order valence-electron chi connectivity index (χ1n) is 10.4. The third kappa shape index (κ3) is 5.36. The predicted octanol–water partition coefficient (Wildman–Crippen LogP) is 4.75. The molecule has 0 radical (unpaired) electrons. The van der Waals surface area contributed by atoms with Gasteiger partial charge in [-0.3, -0.25) is 4.90 Å². The van der Waals surface area contributed by atoms with Crippen molar-refractivity contribution in [3.05, 3.63) is 71.8 Å². The SMILES string of the molecule is CC1(c2ccccc2)CC(N[S+]([O-])C(C)(C)C)CCN1C(=O)OCc1ccccc1. The summed E-state index contributed by atoms with van der Waals surface area (Å²) in [5.74, 6) is 0. The highest BCUT2D eigenvalue weighted by Crippen LogP contribution is 2.38. The molecule has 1 aliphatic heterocycles. The van der Waals surface area contributed by atoms with Gasteiger partial charge in [0.05, 0.1) is 11.6 Å². The van der Waals surface area contributed by atoms with Crippen LogP contribution in [-0.2, 0) is 28.2 Å². The van der Waals surface area contributed by atoms with Crippen LogP contribution in [-0.4, -0.2) is 32.9 Å². The normalized spacial score (nSPS) is 23.1. The molecule has 5 nitrogen and oxygen atoms in total. The third-order valence-electron chi connectivity index (χ3n) is 5.59. The maximum absolute atomic E-state index is 13.1. The Balaban J connectivity index is 1.77. The van der Waals surface area contributed by atoms with E-state index in [2.05, 4.69) is 11.6 Å². The van der Waals surface area contributed by atoms with Crippen molar-refractivity contribution in [2.45, 2.75) is 63.5 Å². The van der Waals surface area contributed by atoms with E-state index in [0.29, 0.717) is 13.0 Å². The van der Waals surface area contributed by atoms with Crippen molar-refractivity contribution in [2.24, 2.45) is 0 Å². The number of nitrogens with one attached hydrogen (secondary N) is 1. The van der Waals surface area contributed by atoms with E-state index in [1.807, 2.05) is 86.3 Å². The molecule has 162 valence electrons. The van der Waals surface area contributed by atoms with Gasteiger partial charge in [0.1, 0.15) is 11.4 Å². The Labute approximate surface area is 183 Å². The van der Waals surface area contributed by atoms with Crippen molar-refractivity contribution in [2.75, 3.05) is 6.54 Å². The topological polar surface area (TPSA) is 64.6 Å². The minimum absolute atomic E-state index is 0.0495. The Kier molecular flexibility index (Phi) is 7.11. The molecule has 0 aliphatic carbocycles. The molecule has 30 heavy (non-hydrogen) atoms. The molecule has 1 amide bonds. The number of piperidine rings is 1. The van der Waals surface area contributed by atoms with Crippen LogP contribution in [0.15, 0.2) is 60.7 Å². The van der Waals surface area contributed by atoms with Gasteiger partial charge in [0.2, 0.25) is 0 Å². The zero-order chi connectivity index (χ0) is 21.8. The van der Waals surface area contributed by atoms with Crippen LogP contribution in [0.4, 0.5) is 4.79 Å². The van der Waals surface area contributed by atoms with E-state index in [9.17, 15) is 9.35 Å². The van der Waals surface area contributed by atoms with Crippen LogP contribution in [0.25, 0.3) is 0 Å². The molecule has 1 heterocycles. The fraction of sp³-hybridized carbons (Fsp3) is 0.458. The molecule has 1 fully saturated rings. The van der Waals surface area contributed by atoms with Gasteiger partial charge in [-0.25, -0.2) is 4.79 Å². The van der Waals surface area contributed by atoms with Gasteiger partial charge < -0.3 is 9.29 Å². The lowest BCUT2D eigenvalue weighted by Gasteiger charge is -2.47. The Morgan fingerprint density at radius 3 is 2.37 bits per heavy atom. The molecule has 6 heteroatoms. The largest absolute Gasteiger partial charge is 0.598 e. The number of amides is 1. The van der Waals surface area contributed by atoms with E-state index < -0.39 is 16.9 Å². The van der Waals surface area contributed by atoms with Crippen LogP contribution < -0.4 is 4.72 Å². The fourth-order valence-corrected chi connectivity index (χ4v) is 4.67. The maximum atomic E-state index is 13.1. The fourth-order valence-electron chi connectivity index (χ4n) is 3.81. The van der Waals surface area contributed by atoms with E-state index in [4.69, 9.17) is 4.74 Å². The van der Waals surface area contributed by atoms with Gasteiger partial charge >= 0.3 is 6.09 Å². The van der Waals surface area contributed by atoms with E-state index in [0.717, 1.165) is 17.5 Å². The number of likely N-dealkylation sites (tertiary alicyclic amines) is 1. The highest BCUT2D eigenvalue weighted by atomic mass is 32.2. The molecular weight excluding hydrogens is 396 g/mol. The first-order valence-corrected chi connectivity index (χ1v) is 11.6. The number of hydrogen-bond acceptors (Lipinski definition) is 4. The summed E-state index contributed by atoms with van der Waals surface area (Å²) >= 11 is -1.16. The molecule has 0 aromatic heterocycles. The molecule has 2 aromatic rings. The van der Waals surface area contributed by atoms with E-state index in [-0.39, 0.29) is 23.5 Å². The van der Waals surface area contributed by atoms with Crippen molar-refractivity contribution in [1.82, 2.24) is 9.62 Å². The van der Waals surface area contributed by atoms with Gasteiger partial charge in [0, 0.05) is 17.9 Å². The summed E-state index contributed by atoms with van der Waals surface area (Å²) in [6, 6.07) is 19.8. The predicted molar refractivity (Wildman–Crippen MR) is 121 cm³/mol. The van der Waals surface area contributed by atoms with Crippen molar-refractivity contribution in [3.8, 4) is 0 Å².